The van der Waals surface area contributed by atoms with Crippen LogP contribution in [0.25, 0.3) is 0 Å². The molecule has 1 aromatic rings. The van der Waals surface area contributed by atoms with Crippen LogP contribution in [-0.4, -0.2) is 45.2 Å². The molecule has 1 atom stereocenters. The van der Waals surface area contributed by atoms with E-state index in [0.29, 0.717) is 5.95 Å². The lowest BCUT2D eigenvalue weighted by Crippen LogP contribution is -2.31. The number of nitrogens with one attached hydrogen (secondary N) is 2. The van der Waals surface area contributed by atoms with E-state index < -0.39 is 10.0 Å². The second kappa shape index (κ2) is 5.89. The molecule has 0 spiro atoms. The van der Waals surface area contributed by atoms with Crippen molar-refractivity contribution in [3.63, 3.8) is 0 Å². The number of nitrogens with zero attached hydrogens (tertiary/aromatic N) is 2. The monoisotopic (exact) mass is 260 g/mol. The minimum absolute atomic E-state index is 0.0276. The summed E-state index contributed by atoms with van der Waals surface area (Å²) in [5.41, 5.74) is 0. The molecule has 0 aromatic carbocycles. The quantitative estimate of drug-likeness (QED) is 0.737. The van der Waals surface area contributed by atoms with Crippen molar-refractivity contribution < 1.29 is 13.2 Å². The van der Waals surface area contributed by atoms with Crippen LogP contribution in [0.2, 0.25) is 0 Å². The van der Waals surface area contributed by atoms with Crippen molar-refractivity contribution in [3.05, 3.63) is 12.4 Å². The molecule has 8 heteroatoms. The average Bonchev–Trinajstić information content (AvgIpc) is 2.36. The zero-order valence-corrected chi connectivity index (χ0v) is 10.8. The second-order valence-corrected chi connectivity index (χ2v) is 5.16. The van der Waals surface area contributed by atoms with E-state index in [0.717, 1.165) is 0 Å². The topological polar surface area (TPSA) is 93.2 Å². The molecule has 0 aliphatic heterocycles. The Morgan fingerprint density at radius 3 is 2.47 bits per heavy atom. The summed E-state index contributed by atoms with van der Waals surface area (Å²) in [6, 6.07) is 0. The number of aromatic nitrogens is 2. The van der Waals surface area contributed by atoms with Crippen LogP contribution in [0.4, 0.5) is 5.95 Å². The van der Waals surface area contributed by atoms with Gasteiger partial charge in [0.2, 0.25) is 16.0 Å². The zero-order valence-electron chi connectivity index (χ0n) is 9.97. The van der Waals surface area contributed by atoms with E-state index in [9.17, 15) is 8.42 Å². The van der Waals surface area contributed by atoms with Crippen LogP contribution in [0.5, 0.6) is 0 Å². The number of hydrogen-bond donors (Lipinski definition) is 2. The Morgan fingerprint density at radius 2 is 2.00 bits per heavy atom. The van der Waals surface area contributed by atoms with E-state index in [1.54, 1.807) is 14.0 Å². The fourth-order valence-electron chi connectivity index (χ4n) is 0.978. The molecule has 0 bridgehead atoms. The van der Waals surface area contributed by atoms with Gasteiger partial charge in [-0.1, -0.05) is 0 Å². The standard InChI is InChI=1S/C9H16N4O3S/c1-7(16-3)4-13-17(14,15)8-5-11-9(10-2)12-6-8/h5-7,13H,4H2,1-3H3,(H,10,11,12). The molecule has 1 heterocycles. The fourth-order valence-corrected chi connectivity index (χ4v) is 1.98. The number of hydrogen-bond acceptors (Lipinski definition) is 6. The first-order valence-corrected chi connectivity index (χ1v) is 6.50. The van der Waals surface area contributed by atoms with Crippen LogP contribution in [-0.2, 0) is 14.8 Å². The lowest BCUT2D eigenvalue weighted by molar-refractivity contribution is 0.122. The molecule has 1 rings (SSSR count). The molecule has 0 amide bonds. The van der Waals surface area contributed by atoms with Crippen molar-refractivity contribution in [1.29, 1.82) is 0 Å². The highest BCUT2D eigenvalue weighted by Crippen LogP contribution is 2.06. The van der Waals surface area contributed by atoms with Gasteiger partial charge in [-0.2, -0.15) is 0 Å². The summed E-state index contributed by atoms with van der Waals surface area (Å²) >= 11 is 0. The zero-order chi connectivity index (χ0) is 12.9. The molecule has 2 N–H and O–H groups in total. The second-order valence-electron chi connectivity index (χ2n) is 3.39. The Morgan fingerprint density at radius 1 is 1.41 bits per heavy atom. The molecular weight excluding hydrogens is 244 g/mol. The predicted octanol–water partition coefficient (Wildman–Crippen LogP) is -0.168. The van der Waals surface area contributed by atoms with E-state index in [-0.39, 0.29) is 17.5 Å². The van der Waals surface area contributed by atoms with Crippen molar-refractivity contribution in [1.82, 2.24) is 14.7 Å². The van der Waals surface area contributed by atoms with Gasteiger partial charge in [-0.25, -0.2) is 23.1 Å². The highest BCUT2D eigenvalue weighted by Gasteiger charge is 2.15. The van der Waals surface area contributed by atoms with Crippen LogP contribution in [0.3, 0.4) is 0 Å². The van der Waals surface area contributed by atoms with Gasteiger partial charge in [-0.15, -0.1) is 0 Å². The van der Waals surface area contributed by atoms with E-state index in [4.69, 9.17) is 4.74 Å². The van der Waals surface area contributed by atoms with Crippen molar-refractivity contribution in [2.45, 2.75) is 17.9 Å². The molecule has 0 saturated heterocycles. The van der Waals surface area contributed by atoms with E-state index >= 15 is 0 Å². The lowest BCUT2D eigenvalue weighted by atomic mass is 10.4. The van der Waals surface area contributed by atoms with Crippen LogP contribution in [0.1, 0.15) is 6.92 Å². The van der Waals surface area contributed by atoms with Gasteiger partial charge in [-0.05, 0) is 6.92 Å². The first-order valence-electron chi connectivity index (χ1n) is 5.02. The number of rotatable bonds is 6. The average molecular weight is 260 g/mol. The van der Waals surface area contributed by atoms with Gasteiger partial charge < -0.3 is 10.1 Å². The maximum Gasteiger partial charge on any atom is 0.243 e. The molecule has 1 aromatic heterocycles. The maximum absolute atomic E-state index is 11.8. The van der Waals surface area contributed by atoms with E-state index in [1.165, 1.54) is 19.5 Å². The smallest absolute Gasteiger partial charge is 0.243 e. The number of anilines is 1. The molecule has 7 nitrogen and oxygen atoms in total. The van der Waals surface area contributed by atoms with Crippen molar-refractivity contribution in [2.24, 2.45) is 0 Å². The Hall–Kier alpha value is -1.25. The predicted molar refractivity (Wildman–Crippen MR) is 63.2 cm³/mol. The summed E-state index contributed by atoms with van der Waals surface area (Å²) in [6.07, 6.45) is 2.30. The van der Waals surface area contributed by atoms with Gasteiger partial charge in [0.25, 0.3) is 0 Å². The Balaban J connectivity index is 2.75. The maximum atomic E-state index is 11.8. The van der Waals surface area contributed by atoms with Crippen LogP contribution in [0.15, 0.2) is 17.3 Å². The van der Waals surface area contributed by atoms with E-state index in [2.05, 4.69) is 20.0 Å². The summed E-state index contributed by atoms with van der Waals surface area (Å²) < 4.78 is 30.9. The lowest BCUT2D eigenvalue weighted by Gasteiger charge is -2.11. The Kier molecular flexibility index (Phi) is 4.79. The summed E-state index contributed by atoms with van der Waals surface area (Å²) in [5.74, 6) is 0.370. The summed E-state index contributed by atoms with van der Waals surface area (Å²) in [5, 5.41) is 2.71. The van der Waals surface area contributed by atoms with Crippen LogP contribution < -0.4 is 10.0 Å². The van der Waals surface area contributed by atoms with Gasteiger partial charge in [0.15, 0.2) is 0 Å². The van der Waals surface area contributed by atoms with E-state index in [1.807, 2.05) is 0 Å². The summed E-state index contributed by atoms with van der Waals surface area (Å²) in [7, 11) is -0.401. The normalized spacial score (nSPS) is 13.4. The molecule has 0 aliphatic rings. The van der Waals surface area contributed by atoms with Crippen LogP contribution in [0, 0.1) is 0 Å². The molecule has 1 unspecified atom stereocenters. The molecule has 96 valence electrons. The fraction of sp³-hybridized carbons (Fsp3) is 0.556. The van der Waals surface area contributed by atoms with Gasteiger partial charge in [0.05, 0.1) is 18.5 Å². The number of methoxy groups -OCH3 is 1. The third kappa shape index (κ3) is 3.91. The van der Waals surface area contributed by atoms with Gasteiger partial charge in [0.1, 0.15) is 4.90 Å². The van der Waals surface area contributed by atoms with Gasteiger partial charge in [0, 0.05) is 20.7 Å². The third-order valence-electron chi connectivity index (χ3n) is 2.13. The largest absolute Gasteiger partial charge is 0.380 e. The molecule has 17 heavy (non-hydrogen) atoms. The summed E-state index contributed by atoms with van der Waals surface area (Å²) in [4.78, 5) is 7.70. The number of sulfonamides is 1. The first-order chi connectivity index (χ1) is 7.99. The molecule has 0 saturated carbocycles. The third-order valence-corrected chi connectivity index (χ3v) is 3.50. The van der Waals surface area contributed by atoms with Gasteiger partial charge >= 0.3 is 0 Å². The van der Waals surface area contributed by atoms with Crippen molar-refractivity contribution in [2.75, 3.05) is 26.0 Å². The Labute approximate surface area is 101 Å². The highest BCUT2D eigenvalue weighted by atomic mass is 32.2. The SMILES string of the molecule is CNc1ncc(S(=O)(=O)NCC(C)OC)cn1. The molecule has 0 radical (unpaired) electrons. The van der Waals surface area contributed by atoms with Crippen molar-refractivity contribution >= 4 is 16.0 Å². The molecule has 0 aliphatic carbocycles. The van der Waals surface area contributed by atoms with Crippen molar-refractivity contribution in [3.8, 4) is 0 Å². The molecule has 0 fully saturated rings. The Bertz CT molecular complexity index is 446. The summed E-state index contributed by atoms with van der Waals surface area (Å²) in [6.45, 7) is 1.97. The minimum atomic E-state index is -3.57. The minimum Gasteiger partial charge on any atom is -0.380 e. The highest BCUT2D eigenvalue weighted by molar-refractivity contribution is 7.89. The molecular formula is C9H16N4O3S. The number of ether oxygens (including phenoxy) is 1. The van der Waals surface area contributed by atoms with Gasteiger partial charge in [-0.3, -0.25) is 0 Å². The van der Waals surface area contributed by atoms with Crippen LogP contribution >= 0.6 is 0 Å². The first kappa shape index (κ1) is 13.8.